The quantitative estimate of drug-likeness (QED) is 0.469. The van der Waals surface area contributed by atoms with Gasteiger partial charge in [0.1, 0.15) is 5.75 Å². The Kier molecular flexibility index (Phi) is 5.67. The molecular formula is C24H21N3O2. The lowest BCUT2D eigenvalue weighted by atomic mass is 10.1. The van der Waals surface area contributed by atoms with Gasteiger partial charge in [-0.2, -0.15) is 0 Å². The fourth-order valence-electron chi connectivity index (χ4n) is 3.09. The van der Waals surface area contributed by atoms with Crippen LogP contribution in [0.15, 0.2) is 91.1 Å². The van der Waals surface area contributed by atoms with Crippen molar-refractivity contribution < 1.29 is 9.53 Å². The number of aromatic nitrogens is 1. The maximum absolute atomic E-state index is 12.6. The van der Waals surface area contributed by atoms with Crippen LogP contribution in [-0.4, -0.2) is 17.6 Å². The van der Waals surface area contributed by atoms with Gasteiger partial charge in [0, 0.05) is 30.2 Å². The van der Waals surface area contributed by atoms with Gasteiger partial charge in [-0.3, -0.25) is 4.98 Å². The highest BCUT2D eigenvalue weighted by atomic mass is 16.5. The molecule has 0 aliphatic rings. The van der Waals surface area contributed by atoms with Crippen molar-refractivity contribution in [3.8, 4) is 11.5 Å². The van der Waals surface area contributed by atoms with E-state index in [0.717, 1.165) is 16.5 Å². The minimum Gasteiger partial charge on any atom is -0.455 e. The lowest BCUT2D eigenvalue weighted by molar-refractivity contribution is 0.252. The van der Waals surface area contributed by atoms with Crippen molar-refractivity contribution in [1.29, 1.82) is 0 Å². The van der Waals surface area contributed by atoms with Gasteiger partial charge in [-0.25, -0.2) is 4.79 Å². The summed E-state index contributed by atoms with van der Waals surface area (Å²) in [5, 5.41) is 7.80. The van der Waals surface area contributed by atoms with E-state index in [9.17, 15) is 4.79 Å². The fraction of sp³-hybridized carbons (Fsp3) is 0.0833. The Morgan fingerprint density at radius 2 is 1.66 bits per heavy atom. The Bertz CT molecular complexity index is 1100. The van der Waals surface area contributed by atoms with E-state index in [1.165, 1.54) is 0 Å². The summed E-state index contributed by atoms with van der Waals surface area (Å²) in [6.07, 6.45) is 2.41. The molecule has 0 bridgehead atoms. The first-order valence-corrected chi connectivity index (χ1v) is 9.49. The number of benzene rings is 3. The summed E-state index contributed by atoms with van der Waals surface area (Å²) in [5.41, 5.74) is 1.58. The van der Waals surface area contributed by atoms with Crippen LogP contribution in [0.1, 0.15) is 5.69 Å². The van der Waals surface area contributed by atoms with Crippen molar-refractivity contribution in [1.82, 2.24) is 10.3 Å². The third kappa shape index (κ3) is 4.71. The van der Waals surface area contributed by atoms with Crippen molar-refractivity contribution in [3.05, 3.63) is 96.8 Å². The van der Waals surface area contributed by atoms with Gasteiger partial charge in [0.05, 0.1) is 5.69 Å². The summed E-state index contributed by atoms with van der Waals surface area (Å²) in [5.74, 6) is 1.30. The Morgan fingerprint density at radius 3 is 2.48 bits per heavy atom. The zero-order valence-electron chi connectivity index (χ0n) is 15.8. The van der Waals surface area contributed by atoms with Crippen molar-refractivity contribution >= 4 is 22.5 Å². The van der Waals surface area contributed by atoms with E-state index in [0.29, 0.717) is 30.2 Å². The molecule has 3 aromatic carbocycles. The van der Waals surface area contributed by atoms with Gasteiger partial charge >= 0.3 is 6.03 Å². The summed E-state index contributed by atoms with van der Waals surface area (Å²) >= 11 is 0. The number of urea groups is 1. The number of pyridine rings is 1. The Morgan fingerprint density at radius 1 is 0.862 bits per heavy atom. The number of fused-ring (bicyclic) bond motifs is 1. The van der Waals surface area contributed by atoms with Crippen LogP contribution in [0.2, 0.25) is 0 Å². The molecule has 1 aromatic heterocycles. The monoisotopic (exact) mass is 383 g/mol. The summed E-state index contributed by atoms with van der Waals surface area (Å²) in [6, 6.07) is 26.7. The number of carbonyl (C=O) groups excluding carboxylic acids is 1. The molecule has 0 spiro atoms. The van der Waals surface area contributed by atoms with Gasteiger partial charge in [-0.15, -0.1) is 0 Å². The number of ether oxygens (including phenoxy) is 1. The topological polar surface area (TPSA) is 63.2 Å². The van der Waals surface area contributed by atoms with E-state index in [1.54, 1.807) is 6.20 Å². The minimum atomic E-state index is -0.282. The average molecular weight is 383 g/mol. The SMILES string of the molecule is O=C(NCCc1ccccn1)Nc1c(Oc2ccccc2)ccc2ccccc12. The maximum Gasteiger partial charge on any atom is 0.319 e. The van der Waals surface area contributed by atoms with Crippen LogP contribution in [0.5, 0.6) is 11.5 Å². The molecule has 0 aliphatic heterocycles. The van der Waals surface area contributed by atoms with Gasteiger partial charge in [0.25, 0.3) is 0 Å². The first kappa shape index (κ1) is 18.5. The molecule has 5 nitrogen and oxygen atoms in total. The fourth-order valence-corrected chi connectivity index (χ4v) is 3.09. The third-order valence-corrected chi connectivity index (χ3v) is 4.49. The maximum atomic E-state index is 12.6. The number of nitrogens with zero attached hydrogens (tertiary/aromatic N) is 1. The number of carbonyl (C=O) groups is 1. The first-order valence-electron chi connectivity index (χ1n) is 9.49. The van der Waals surface area contributed by atoms with E-state index >= 15 is 0 Å². The Balaban J connectivity index is 1.52. The van der Waals surface area contributed by atoms with Crippen molar-refractivity contribution in [3.63, 3.8) is 0 Å². The summed E-state index contributed by atoms with van der Waals surface area (Å²) in [6.45, 7) is 0.489. The highest BCUT2D eigenvalue weighted by Gasteiger charge is 2.13. The average Bonchev–Trinajstić information content (AvgIpc) is 2.77. The second kappa shape index (κ2) is 8.89. The van der Waals surface area contributed by atoms with Crippen LogP contribution in [0, 0.1) is 0 Å². The number of amides is 2. The molecule has 0 saturated heterocycles. The predicted molar refractivity (Wildman–Crippen MR) is 115 cm³/mol. The summed E-state index contributed by atoms with van der Waals surface area (Å²) < 4.78 is 6.04. The molecule has 0 radical (unpaired) electrons. The van der Waals surface area contributed by atoms with Gasteiger partial charge in [0.2, 0.25) is 0 Å². The Hall–Kier alpha value is -3.86. The van der Waals surface area contributed by atoms with Crippen LogP contribution in [0.4, 0.5) is 10.5 Å². The van der Waals surface area contributed by atoms with Gasteiger partial charge in [-0.05, 0) is 35.7 Å². The number of nitrogens with one attached hydrogen (secondary N) is 2. The van der Waals surface area contributed by atoms with Gasteiger partial charge in [-0.1, -0.05) is 54.6 Å². The van der Waals surface area contributed by atoms with Gasteiger partial charge < -0.3 is 15.4 Å². The normalized spacial score (nSPS) is 10.5. The minimum absolute atomic E-state index is 0.282. The molecule has 0 atom stereocenters. The van der Waals surface area contributed by atoms with Crippen LogP contribution in [0.3, 0.4) is 0 Å². The molecular weight excluding hydrogens is 362 g/mol. The van der Waals surface area contributed by atoms with E-state index in [2.05, 4.69) is 15.6 Å². The summed E-state index contributed by atoms with van der Waals surface area (Å²) in [4.78, 5) is 16.8. The summed E-state index contributed by atoms with van der Waals surface area (Å²) in [7, 11) is 0. The van der Waals surface area contributed by atoms with Crippen molar-refractivity contribution in [2.75, 3.05) is 11.9 Å². The first-order chi connectivity index (χ1) is 14.3. The molecule has 2 N–H and O–H groups in total. The highest BCUT2D eigenvalue weighted by Crippen LogP contribution is 2.36. The third-order valence-electron chi connectivity index (χ3n) is 4.49. The standard InChI is InChI=1S/C24H21N3O2/c28-24(26-17-15-19-9-6-7-16-25-19)27-23-21-12-5-4-8-18(21)13-14-22(23)29-20-10-2-1-3-11-20/h1-14,16H,15,17H2,(H2,26,27,28). The molecule has 29 heavy (non-hydrogen) atoms. The molecule has 4 rings (SSSR count). The molecule has 144 valence electrons. The zero-order chi connectivity index (χ0) is 19.9. The molecule has 4 aromatic rings. The van der Waals surface area contributed by atoms with Crippen molar-refractivity contribution in [2.45, 2.75) is 6.42 Å². The highest BCUT2D eigenvalue weighted by molar-refractivity contribution is 6.04. The molecule has 0 unspecified atom stereocenters. The lowest BCUT2D eigenvalue weighted by Gasteiger charge is -2.15. The molecule has 0 saturated carbocycles. The number of rotatable bonds is 6. The van der Waals surface area contributed by atoms with Crippen LogP contribution in [-0.2, 0) is 6.42 Å². The molecule has 2 amide bonds. The number of hydrogen-bond acceptors (Lipinski definition) is 3. The van der Waals surface area contributed by atoms with Crippen molar-refractivity contribution in [2.24, 2.45) is 0 Å². The van der Waals surface area contributed by atoms with E-state index < -0.39 is 0 Å². The number of para-hydroxylation sites is 1. The van der Waals surface area contributed by atoms with Crippen LogP contribution >= 0.6 is 0 Å². The van der Waals surface area contributed by atoms with Crippen LogP contribution < -0.4 is 15.4 Å². The van der Waals surface area contributed by atoms with Crippen LogP contribution in [0.25, 0.3) is 10.8 Å². The Labute approximate surface area is 169 Å². The lowest BCUT2D eigenvalue weighted by Crippen LogP contribution is -2.30. The molecule has 0 aliphatic carbocycles. The zero-order valence-corrected chi connectivity index (χ0v) is 15.8. The smallest absolute Gasteiger partial charge is 0.319 e. The van der Waals surface area contributed by atoms with Gasteiger partial charge in [0.15, 0.2) is 5.75 Å². The largest absolute Gasteiger partial charge is 0.455 e. The van der Waals surface area contributed by atoms with E-state index in [1.807, 2.05) is 84.9 Å². The second-order valence-electron chi connectivity index (χ2n) is 6.53. The number of anilines is 1. The molecule has 5 heteroatoms. The predicted octanol–water partition coefficient (Wildman–Crippen LogP) is 5.39. The number of hydrogen-bond donors (Lipinski definition) is 2. The molecule has 1 heterocycles. The van der Waals surface area contributed by atoms with E-state index in [-0.39, 0.29) is 6.03 Å². The second-order valence-corrected chi connectivity index (χ2v) is 6.53. The van der Waals surface area contributed by atoms with E-state index in [4.69, 9.17) is 4.74 Å². The molecule has 0 fully saturated rings.